The fraction of sp³-hybridized carbons (Fsp3) is 0.900. The Hall–Kier alpha value is -0.420. The molecule has 0 rings (SSSR count). The fourth-order valence-corrected chi connectivity index (χ4v) is 1.60. The predicted octanol–water partition coefficient (Wildman–Crippen LogP) is 0.533. The van der Waals surface area contributed by atoms with E-state index in [2.05, 4.69) is 5.32 Å². The first-order valence-electron chi connectivity index (χ1n) is 5.64. The molecule has 0 aromatic carbocycles. The van der Waals surface area contributed by atoms with Gasteiger partial charge < -0.3 is 15.0 Å². The van der Waals surface area contributed by atoms with Crippen molar-refractivity contribution >= 4 is 13.0 Å². The van der Waals surface area contributed by atoms with E-state index in [1.165, 1.54) is 13.3 Å². The van der Waals surface area contributed by atoms with E-state index < -0.39 is 18.9 Å². The summed E-state index contributed by atoms with van der Waals surface area (Å²) in [5.74, 6) is -1.43. The highest BCUT2D eigenvalue weighted by atomic mass is 31.2. The molecule has 0 radical (unpaired) electrons. The molecule has 0 fully saturated rings. The number of carbonyl (C=O) groups excluding carboxylic acids is 1. The van der Waals surface area contributed by atoms with Crippen LogP contribution >= 0.6 is 7.14 Å². The Labute approximate surface area is 102 Å². The highest BCUT2D eigenvalue weighted by molar-refractivity contribution is 7.62. The van der Waals surface area contributed by atoms with E-state index >= 15 is 0 Å². The molecule has 0 aromatic heterocycles. The molecule has 0 aliphatic heterocycles. The second-order valence-corrected chi connectivity index (χ2v) is 8.01. The van der Waals surface area contributed by atoms with Crippen molar-refractivity contribution in [2.45, 2.75) is 32.2 Å². The lowest BCUT2D eigenvalue weighted by Crippen LogP contribution is -2.42. The van der Waals surface area contributed by atoms with Crippen LogP contribution in [0.3, 0.4) is 0 Å². The molecule has 0 saturated heterocycles. The summed E-state index contributed by atoms with van der Waals surface area (Å²) in [4.78, 5) is 11.4. The van der Waals surface area contributed by atoms with Crippen LogP contribution in [0.4, 0.5) is 0 Å². The van der Waals surface area contributed by atoms with Gasteiger partial charge in [-0.25, -0.2) is 5.06 Å². The molecule has 0 saturated carbocycles. The summed E-state index contributed by atoms with van der Waals surface area (Å²) in [5, 5.41) is 22.3. The van der Waals surface area contributed by atoms with Gasteiger partial charge in [-0.1, -0.05) is 6.92 Å². The zero-order valence-corrected chi connectivity index (χ0v) is 11.8. The lowest BCUT2D eigenvalue weighted by molar-refractivity contribution is -0.173. The van der Waals surface area contributed by atoms with Gasteiger partial charge in [0.05, 0.1) is 12.6 Å². The van der Waals surface area contributed by atoms with Crippen molar-refractivity contribution in [3.8, 4) is 0 Å². The van der Waals surface area contributed by atoms with E-state index in [4.69, 9.17) is 0 Å². The predicted molar refractivity (Wildman–Crippen MR) is 66.7 cm³/mol. The maximum atomic E-state index is 11.4. The molecule has 0 bridgehead atoms. The van der Waals surface area contributed by atoms with Gasteiger partial charge in [-0.3, -0.25) is 10.0 Å². The summed E-state index contributed by atoms with van der Waals surface area (Å²) in [7, 11) is -2.56. The average Bonchev–Trinajstić information content (AvgIpc) is 2.25. The van der Waals surface area contributed by atoms with E-state index in [0.29, 0.717) is 11.5 Å². The zero-order valence-electron chi connectivity index (χ0n) is 10.9. The second-order valence-electron chi connectivity index (χ2n) is 4.54. The molecule has 2 unspecified atom stereocenters. The Morgan fingerprint density at radius 2 is 2.00 bits per heavy atom. The number of aliphatic hydroxyl groups is 1. The smallest absolute Gasteiger partial charge is 0.260 e. The van der Waals surface area contributed by atoms with Crippen LogP contribution in [0.5, 0.6) is 0 Å². The van der Waals surface area contributed by atoms with Crippen LogP contribution in [0.25, 0.3) is 0 Å². The van der Waals surface area contributed by atoms with Crippen LogP contribution in [0.15, 0.2) is 0 Å². The molecule has 1 amide bonds. The van der Waals surface area contributed by atoms with Crippen molar-refractivity contribution in [1.29, 1.82) is 0 Å². The van der Waals surface area contributed by atoms with Gasteiger partial charge in [-0.2, -0.15) is 0 Å². The normalized spacial score (nSPS) is 15.4. The minimum absolute atomic E-state index is 0.0738. The summed E-state index contributed by atoms with van der Waals surface area (Å²) in [6.07, 6.45) is 0.657. The van der Waals surface area contributed by atoms with Crippen molar-refractivity contribution in [3.63, 3.8) is 0 Å². The highest BCUT2D eigenvalue weighted by Crippen LogP contribution is 2.40. The van der Waals surface area contributed by atoms with E-state index in [0.717, 1.165) is 0 Å². The number of aliphatic hydroxyl groups excluding tert-OH is 1. The third-order valence-corrected chi connectivity index (χ3v) is 4.20. The van der Waals surface area contributed by atoms with Crippen molar-refractivity contribution in [2.24, 2.45) is 0 Å². The molecule has 0 heterocycles. The lowest BCUT2D eigenvalue weighted by atomic mass is 10.2. The number of hydroxylamine groups is 2. The first kappa shape index (κ1) is 16.6. The number of hydrogen-bond acceptors (Lipinski definition) is 5. The summed E-state index contributed by atoms with van der Waals surface area (Å²) in [6.45, 7) is 6.56. The van der Waals surface area contributed by atoms with Crippen molar-refractivity contribution < 1.29 is 19.7 Å². The zero-order chi connectivity index (χ0) is 13.6. The van der Waals surface area contributed by atoms with Gasteiger partial charge in [0.1, 0.15) is 13.0 Å². The van der Waals surface area contributed by atoms with Crippen LogP contribution in [-0.4, -0.2) is 59.6 Å². The highest BCUT2D eigenvalue weighted by Gasteiger charge is 2.21. The molecule has 7 heteroatoms. The second kappa shape index (κ2) is 7.11. The van der Waals surface area contributed by atoms with Crippen LogP contribution in [0.2, 0.25) is 0 Å². The van der Waals surface area contributed by atoms with Gasteiger partial charge >= 0.3 is 0 Å². The molecular weight excluding hydrogens is 243 g/mol. The molecule has 0 aliphatic carbocycles. The van der Waals surface area contributed by atoms with Gasteiger partial charge in [0.15, 0.2) is 0 Å². The Bertz CT molecular complexity index is 292. The molecule has 2 atom stereocenters. The minimum Gasteiger partial charge on any atom is -0.384 e. The van der Waals surface area contributed by atoms with Crippen LogP contribution in [0.1, 0.15) is 20.3 Å². The number of nitrogens with one attached hydrogen (secondary N) is 1. The number of rotatable bonds is 7. The van der Waals surface area contributed by atoms with Crippen molar-refractivity contribution in [1.82, 2.24) is 10.4 Å². The van der Waals surface area contributed by atoms with Crippen molar-refractivity contribution in [2.75, 3.05) is 26.4 Å². The van der Waals surface area contributed by atoms with E-state index in [1.807, 2.05) is 6.92 Å². The number of nitrogens with zero attached hydrogens (tertiary/aromatic N) is 1. The van der Waals surface area contributed by atoms with Gasteiger partial charge in [-0.15, -0.1) is 0 Å². The SMILES string of the molecule is CCC(C)N(O)C(=O)CNCC(O)P(C)(C)=O. The molecule has 3 N–H and O–H groups in total. The molecule has 17 heavy (non-hydrogen) atoms. The van der Waals surface area contributed by atoms with Gasteiger partial charge in [0.2, 0.25) is 0 Å². The quantitative estimate of drug-likeness (QED) is 0.355. The Morgan fingerprint density at radius 3 is 2.41 bits per heavy atom. The minimum atomic E-state index is -2.56. The standard InChI is InChI=1S/C10H23N2O4P/c1-5-8(2)12(15)9(13)6-11-7-10(14)17(3,4)16/h8,10-11,14-15H,5-7H2,1-4H3. The van der Waals surface area contributed by atoms with Gasteiger partial charge in [0, 0.05) is 6.54 Å². The summed E-state index contributed by atoms with van der Waals surface area (Å²) in [6, 6.07) is -0.238. The average molecular weight is 266 g/mol. The largest absolute Gasteiger partial charge is 0.384 e. The van der Waals surface area contributed by atoms with E-state index in [-0.39, 0.29) is 19.1 Å². The summed E-state index contributed by atoms with van der Waals surface area (Å²) < 4.78 is 11.4. The third kappa shape index (κ3) is 6.17. The van der Waals surface area contributed by atoms with E-state index in [9.17, 15) is 19.7 Å². The topological polar surface area (TPSA) is 89.9 Å². The Morgan fingerprint density at radius 1 is 1.47 bits per heavy atom. The van der Waals surface area contributed by atoms with Crippen LogP contribution in [-0.2, 0) is 9.36 Å². The maximum absolute atomic E-state index is 11.4. The van der Waals surface area contributed by atoms with Crippen LogP contribution in [0, 0.1) is 0 Å². The number of carbonyl (C=O) groups is 1. The van der Waals surface area contributed by atoms with E-state index in [1.54, 1.807) is 6.92 Å². The first-order chi connectivity index (χ1) is 7.70. The number of hydrogen-bond donors (Lipinski definition) is 3. The molecule has 102 valence electrons. The van der Waals surface area contributed by atoms with Gasteiger partial charge in [0.25, 0.3) is 5.91 Å². The molecule has 0 aromatic rings. The Kier molecular flexibility index (Phi) is 6.94. The van der Waals surface area contributed by atoms with Crippen LogP contribution < -0.4 is 5.32 Å². The molecule has 0 spiro atoms. The monoisotopic (exact) mass is 266 g/mol. The molecule has 6 nitrogen and oxygen atoms in total. The lowest BCUT2D eigenvalue weighted by Gasteiger charge is -2.22. The molecular formula is C10H23N2O4P. The third-order valence-electron chi connectivity index (χ3n) is 2.58. The first-order valence-corrected chi connectivity index (χ1v) is 8.31. The van der Waals surface area contributed by atoms with Gasteiger partial charge in [-0.05, 0) is 26.7 Å². The summed E-state index contributed by atoms with van der Waals surface area (Å²) >= 11 is 0. The number of amides is 1. The maximum Gasteiger partial charge on any atom is 0.260 e. The Balaban J connectivity index is 3.98. The molecule has 0 aliphatic rings. The van der Waals surface area contributed by atoms with Crippen molar-refractivity contribution in [3.05, 3.63) is 0 Å². The summed E-state index contributed by atoms with van der Waals surface area (Å²) in [5.41, 5.74) is 0. The fourth-order valence-electron chi connectivity index (χ4n) is 1.03.